The fourth-order valence-corrected chi connectivity index (χ4v) is 6.31. The molecular formula is C18H24N4O3S. The minimum Gasteiger partial charge on any atom is -0.342 e. The number of nitrogens with one attached hydrogen (secondary N) is 1. The number of nitrogens with zero attached hydrogens (tertiary/aromatic N) is 3. The van der Waals surface area contributed by atoms with Crippen LogP contribution < -0.4 is 0 Å². The number of carbonyl (C=O) groups excluding carboxylic acids is 1. The Morgan fingerprint density at radius 2 is 2.04 bits per heavy atom. The van der Waals surface area contributed by atoms with Gasteiger partial charge >= 0.3 is 0 Å². The molecular weight excluding hydrogens is 352 g/mol. The number of fused-ring (bicyclic) bond motifs is 2. The molecule has 2 aliphatic heterocycles. The van der Waals surface area contributed by atoms with Crippen molar-refractivity contribution in [3.63, 3.8) is 0 Å². The number of sulfone groups is 1. The van der Waals surface area contributed by atoms with E-state index in [-0.39, 0.29) is 35.9 Å². The first-order valence-electron chi connectivity index (χ1n) is 9.05. The van der Waals surface area contributed by atoms with Gasteiger partial charge in [-0.25, -0.2) is 13.4 Å². The largest absolute Gasteiger partial charge is 0.342 e. The molecule has 26 heavy (non-hydrogen) atoms. The van der Waals surface area contributed by atoms with Crippen LogP contribution in [-0.4, -0.2) is 77.3 Å². The number of amides is 1. The van der Waals surface area contributed by atoms with Crippen molar-refractivity contribution in [2.24, 2.45) is 0 Å². The first-order valence-corrected chi connectivity index (χ1v) is 10.9. The van der Waals surface area contributed by atoms with Crippen molar-refractivity contribution in [2.75, 3.05) is 31.1 Å². The van der Waals surface area contributed by atoms with Crippen molar-refractivity contribution >= 4 is 26.8 Å². The molecule has 2 aromatic rings. The highest BCUT2D eigenvalue weighted by Crippen LogP contribution is 2.27. The highest BCUT2D eigenvalue weighted by molar-refractivity contribution is 7.91. The second kappa shape index (κ2) is 6.35. The van der Waals surface area contributed by atoms with Crippen LogP contribution in [-0.2, 0) is 21.1 Å². The summed E-state index contributed by atoms with van der Waals surface area (Å²) in [5.41, 5.74) is 2.73. The molecule has 2 unspecified atom stereocenters. The molecule has 0 spiro atoms. The number of aromatic nitrogens is 2. The normalized spacial score (nSPS) is 25.5. The van der Waals surface area contributed by atoms with Gasteiger partial charge in [0.25, 0.3) is 0 Å². The first kappa shape index (κ1) is 17.5. The van der Waals surface area contributed by atoms with Crippen LogP contribution in [0.4, 0.5) is 0 Å². The summed E-state index contributed by atoms with van der Waals surface area (Å²) in [5, 5.41) is 0. The van der Waals surface area contributed by atoms with E-state index in [1.165, 1.54) is 0 Å². The van der Waals surface area contributed by atoms with Gasteiger partial charge in [-0.1, -0.05) is 13.0 Å². The van der Waals surface area contributed by atoms with E-state index in [1.54, 1.807) is 4.90 Å². The van der Waals surface area contributed by atoms with Crippen LogP contribution >= 0.6 is 0 Å². The van der Waals surface area contributed by atoms with Crippen LogP contribution in [0.3, 0.4) is 0 Å². The Balaban J connectivity index is 1.55. The zero-order valence-electron chi connectivity index (χ0n) is 15.1. The molecule has 2 aliphatic rings. The summed E-state index contributed by atoms with van der Waals surface area (Å²) in [4.78, 5) is 24.5. The molecule has 0 bridgehead atoms. The first-order chi connectivity index (χ1) is 12.4. The number of hydrogen-bond acceptors (Lipinski definition) is 5. The van der Waals surface area contributed by atoms with Gasteiger partial charge in [-0.3, -0.25) is 9.69 Å². The maximum absolute atomic E-state index is 12.9. The zero-order chi connectivity index (χ0) is 18.5. The van der Waals surface area contributed by atoms with E-state index < -0.39 is 9.84 Å². The van der Waals surface area contributed by atoms with Crippen LogP contribution in [0.2, 0.25) is 0 Å². The van der Waals surface area contributed by atoms with Crippen LogP contribution in [0.5, 0.6) is 0 Å². The summed E-state index contributed by atoms with van der Waals surface area (Å²) in [6.07, 6.45) is 0.281. The van der Waals surface area contributed by atoms with Gasteiger partial charge < -0.3 is 9.88 Å². The highest BCUT2D eigenvalue weighted by Gasteiger charge is 2.47. The van der Waals surface area contributed by atoms with Crippen molar-refractivity contribution in [3.8, 4) is 0 Å². The summed E-state index contributed by atoms with van der Waals surface area (Å²) in [6.45, 7) is 6.08. The molecule has 1 aromatic heterocycles. The molecule has 4 rings (SSSR count). The number of imidazole rings is 1. The van der Waals surface area contributed by atoms with Crippen LogP contribution in [0.1, 0.15) is 18.3 Å². The Morgan fingerprint density at radius 3 is 2.81 bits per heavy atom. The number of carbonyl (C=O) groups is 1. The summed E-state index contributed by atoms with van der Waals surface area (Å²) >= 11 is 0. The Labute approximate surface area is 153 Å². The molecule has 1 aromatic carbocycles. The lowest BCUT2D eigenvalue weighted by atomic mass is 10.0. The Morgan fingerprint density at radius 1 is 1.27 bits per heavy atom. The molecule has 2 saturated heterocycles. The van der Waals surface area contributed by atoms with Crippen LogP contribution in [0.15, 0.2) is 18.2 Å². The van der Waals surface area contributed by atoms with Crippen LogP contribution in [0.25, 0.3) is 11.0 Å². The second-order valence-electron chi connectivity index (χ2n) is 7.28. The standard InChI is InChI=1S/C18H24N4O3S/c1-3-21-6-7-22(17-11-26(24,25)10-16(17)21)18(23)9-13-4-5-14-15(8-13)20-12(2)19-14/h4-5,8,16-17H,3,6-7,9-11H2,1-2H3,(H,19,20). The van der Waals surface area contributed by atoms with E-state index in [2.05, 4.69) is 14.9 Å². The quantitative estimate of drug-likeness (QED) is 0.854. The second-order valence-corrected chi connectivity index (χ2v) is 9.43. The molecule has 0 aliphatic carbocycles. The van der Waals surface area contributed by atoms with Gasteiger partial charge in [0.1, 0.15) is 5.82 Å². The Hall–Kier alpha value is -1.93. The summed E-state index contributed by atoms with van der Waals surface area (Å²) in [5.74, 6) is 1.09. The van der Waals surface area contributed by atoms with Gasteiger partial charge in [0.15, 0.2) is 9.84 Å². The number of rotatable bonds is 3. The third kappa shape index (κ3) is 3.12. The van der Waals surface area contributed by atoms with Gasteiger partial charge in [-0.2, -0.15) is 0 Å². The number of likely N-dealkylation sites (N-methyl/N-ethyl adjacent to an activating group) is 1. The SMILES string of the molecule is CCN1CCN(C(=O)Cc2ccc3nc(C)[nH]c3c2)C2CS(=O)(=O)CC21. The number of H-pyrrole nitrogens is 1. The van der Waals surface area contributed by atoms with Gasteiger partial charge in [0, 0.05) is 19.1 Å². The van der Waals surface area contributed by atoms with E-state index >= 15 is 0 Å². The molecule has 0 saturated carbocycles. The molecule has 1 N–H and O–H groups in total. The smallest absolute Gasteiger partial charge is 0.227 e. The number of hydrogen-bond donors (Lipinski definition) is 1. The summed E-state index contributed by atoms with van der Waals surface area (Å²) in [6, 6.07) is 5.50. The topological polar surface area (TPSA) is 86.4 Å². The van der Waals surface area contributed by atoms with Crippen molar-refractivity contribution in [3.05, 3.63) is 29.6 Å². The third-order valence-corrected chi connectivity index (χ3v) is 7.24. The van der Waals surface area contributed by atoms with Crippen molar-refractivity contribution in [2.45, 2.75) is 32.4 Å². The average molecular weight is 376 g/mol. The lowest BCUT2D eigenvalue weighted by Gasteiger charge is -2.43. The van der Waals surface area contributed by atoms with E-state index in [4.69, 9.17) is 0 Å². The zero-order valence-corrected chi connectivity index (χ0v) is 15.9. The molecule has 7 nitrogen and oxygen atoms in total. The Bertz CT molecular complexity index is 952. The highest BCUT2D eigenvalue weighted by atomic mass is 32.2. The average Bonchev–Trinajstić information content (AvgIpc) is 3.10. The number of benzene rings is 1. The molecule has 1 amide bonds. The predicted octanol–water partition coefficient (Wildman–Crippen LogP) is 0.744. The Kier molecular flexibility index (Phi) is 4.27. The van der Waals surface area contributed by atoms with Gasteiger partial charge in [-0.05, 0) is 31.2 Å². The summed E-state index contributed by atoms with van der Waals surface area (Å²) in [7, 11) is -3.09. The van der Waals surface area contributed by atoms with Crippen molar-refractivity contribution in [1.29, 1.82) is 0 Å². The third-order valence-electron chi connectivity index (χ3n) is 5.54. The number of aryl methyl sites for hydroxylation is 1. The molecule has 0 radical (unpaired) electrons. The van der Waals surface area contributed by atoms with Crippen molar-refractivity contribution < 1.29 is 13.2 Å². The van der Waals surface area contributed by atoms with Gasteiger partial charge in [0.2, 0.25) is 5.91 Å². The summed E-state index contributed by atoms with van der Waals surface area (Å²) < 4.78 is 24.3. The number of piperazine rings is 1. The lowest BCUT2D eigenvalue weighted by molar-refractivity contribution is -0.136. The van der Waals surface area contributed by atoms with Gasteiger partial charge in [0.05, 0.1) is 35.0 Å². The van der Waals surface area contributed by atoms with Crippen LogP contribution in [0, 0.1) is 6.92 Å². The monoisotopic (exact) mass is 376 g/mol. The molecule has 3 heterocycles. The maximum atomic E-state index is 12.9. The van der Waals surface area contributed by atoms with E-state index in [1.807, 2.05) is 32.0 Å². The molecule has 140 valence electrons. The van der Waals surface area contributed by atoms with E-state index in [0.29, 0.717) is 6.54 Å². The van der Waals surface area contributed by atoms with E-state index in [9.17, 15) is 13.2 Å². The van der Waals surface area contributed by atoms with Crippen molar-refractivity contribution in [1.82, 2.24) is 19.8 Å². The molecule has 2 fully saturated rings. The minimum atomic E-state index is -3.09. The van der Waals surface area contributed by atoms with Gasteiger partial charge in [-0.15, -0.1) is 0 Å². The molecule has 2 atom stereocenters. The molecule has 8 heteroatoms. The number of aromatic amines is 1. The predicted molar refractivity (Wildman–Crippen MR) is 99.7 cm³/mol. The fraction of sp³-hybridized carbons (Fsp3) is 0.556. The minimum absolute atomic E-state index is 0.00319. The van der Waals surface area contributed by atoms with E-state index in [0.717, 1.165) is 35.5 Å². The fourth-order valence-electron chi connectivity index (χ4n) is 4.30. The lowest BCUT2D eigenvalue weighted by Crippen LogP contribution is -2.60. The maximum Gasteiger partial charge on any atom is 0.227 e.